The highest BCUT2D eigenvalue weighted by molar-refractivity contribution is 7.47. The van der Waals surface area contributed by atoms with Gasteiger partial charge in [0, 0.05) is 13.0 Å². The minimum atomic E-state index is -4.28. The monoisotopic (exact) mass is 522 g/mol. The Morgan fingerprint density at radius 3 is 1.83 bits per heavy atom. The summed E-state index contributed by atoms with van der Waals surface area (Å²) in [6.45, 7) is 4.10. The number of phosphoric acid groups is 1. The number of rotatable bonds is 26. The molecule has 210 valence electrons. The van der Waals surface area contributed by atoms with Crippen molar-refractivity contribution in [3.05, 3.63) is 0 Å². The van der Waals surface area contributed by atoms with E-state index in [4.69, 9.17) is 14.8 Å². The number of hydrogen-bond donors (Lipinski definition) is 4. The lowest BCUT2D eigenvalue weighted by Gasteiger charge is -2.25. The molecule has 5 N–H and O–H groups in total. The molecule has 9 heteroatoms. The second kappa shape index (κ2) is 23.9. The van der Waals surface area contributed by atoms with Crippen molar-refractivity contribution in [2.75, 3.05) is 19.8 Å². The Labute approximate surface area is 214 Å². The Morgan fingerprint density at radius 1 is 0.829 bits per heavy atom. The normalized spacial score (nSPS) is 15.0. The van der Waals surface area contributed by atoms with Crippen LogP contribution >= 0.6 is 7.82 Å². The van der Waals surface area contributed by atoms with E-state index in [0.717, 1.165) is 38.5 Å². The van der Waals surface area contributed by atoms with E-state index in [1.165, 1.54) is 64.2 Å². The van der Waals surface area contributed by atoms with Gasteiger partial charge >= 0.3 is 7.82 Å². The van der Waals surface area contributed by atoms with Crippen LogP contribution in [-0.4, -0.2) is 47.8 Å². The van der Waals surface area contributed by atoms with Crippen LogP contribution in [0.3, 0.4) is 0 Å². The second-order valence-electron chi connectivity index (χ2n) is 9.62. The summed E-state index contributed by atoms with van der Waals surface area (Å²) in [5.74, 6) is -0.172. The highest BCUT2D eigenvalue weighted by Crippen LogP contribution is 2.43. The van der Waals surface area contributed by atoms with Gasteiger partial charge in [0.1, 0.15) is 0 Å². The first kappa shape index (κ1) is 34.5. The number of unbranched alkanes of at least 4 members (excludes halogenated alkanes) is 14. The first-order valence-corrected chi connectivity index (χ1v) is 15.6. The van der Waals surface area contributed by atoms with Gasteiger partial charge in [-0.05, 0) is 12.8 Å². The number of amides is 1. The van der Waals surface area contributed by atoms with Crippen LogP contribution in [0.1, 0.15) is 129 Å². The number of carbonyl (C=O) groups is 1. The standard InChI is InChI=1S/C26H55N2O6P/c1-3-5-7-9-11-12-14-15-17-19-25(29)24(23-34-35(31,32)33-22-21-27)28-26(30)20-18-16-13-10-8-6-4-2/h24-25,29H,3-23,27H2,1-2H3,(H,28,30)(H,31,32)/t24-,25+/m0/s1. The fourth-order valence-electron chi connectivity index (χ4n) is 4.02. The molecule has 0 saturated heterocycles. The van der Waals surface area contributed by atoms with E-state index in [0.29, 0.717) is 12.8 Å². The topological polar surface area (TPSA) is 131 Å². The van der Waals surface area contributed by atoms with Gasteiger partial charge in [-0.25, -0.2) is 4.57 Å². The molecule has 0 aromatic rings. The predicted octanol–water partition coefficient (Wildman–Crippen LogP) is 5.99. The molecule has 0 aromatic carbocycles. The van der Waals surface area contributed by atoms with Crippen LogP contribution in [-0.2, 0) is 18.4 Å². The van der Waals surface area contributed by atoms with Gasteiger partial charge in [-0.1, -0.05) is 110 Å². The molecule has 0 spiro atoms. The van der Waals surface area contributed by atoms with Crippen molar-refractivity contribution in [1.82, 2.24) is 5.32 Å². The molecule has 0 rings (SSSR count). The average Bonchev–Trinajstić information content (AvgIpc) is 2.83. The highest BCUT2D eigenvalue weighted by atomic mass is 31.2. The molecule has 35 heavy (non-hydrogen) atoms. The maximum absolute atomic E-state index is 12.5. The van der Waals surface area contributed by atoms with Crippen molar-refractivity contribution in [2.45, 2.75) is 142 Å². The van der Waals surface area contributed by atoms with Gasteiger partial charge in [-0.15, -0.1) is 0 Å². The van der Waals surface area contributed by atoms with Crippen molar-refractivity contribution in [1.29, 1.82) is 0 Å². The van der Waals surface area contributed by atoms with Crippen molar-refractivity contribution >= 4 is 13.7 Å². The van der Waals surface area contributed by atoms with Gasteiger partial charge in [-0.3, -0.25) is 13.8 Å². The Hall–Kier alpha value is -0.500. The SMILES string of the molecule is CCCCCCCCCCC[C@@H](O)[C@H](COP(=O)(O)OCCN)NC(=O)CCCCCCCCC. The molecule has 0 heterocycles. The molecule has 0 fully saturated rings. The predicted molar refractivity (Wildman–Crippen MR) is 143 cm³/mol. The number of nitrogens with two attached hydrogens (primary N) is 1. The largest absolute Gasteiger partial charge is 0.472 e. The van der Waals surface area contributed by atoms with E-state index in [1.54, 1.807) is 0 Å². The lowest BCUT2D eigenvalue weighted by molar-refractivity contribution is -0.123. The minimum absolute atomic E-state index is 0.0910. The summed E-state index contributed by atoms with van der Waals surface area (Å²) in [7, 11) is -4.28. The van der Waals surface area contributed by atoms with Crippen molar-refractivity contribution < 1.29 is 28.4 Å². The van der Waals surface area contributed by atoms with Crippen LogP contribution < -0.4 is 11.1 Å². The van der Waals surface area contributed by atoms with Gasteiger partial charge in [0.25, 0.3) is 0 Å². The molecule has 0 aliphatic carbocycles. The third kappa shape index (κ3) is 22.4. The van der Waals surface area contributed by atoms with E-state index in [9.17, 15) is 19.4 Å². The molecule has 0 saturated carbocycles. The lowest BCUT2D eigenvalue weighted by Crippen LogP contribution is -2.46. The van der Waals surface area contributed by atoms with Gasteiger partial charge in [0.2, 0.25) is 5.91 Å². The van der Waals surface area contributed by atoms with Gasteiger partial charge in [0.15, 0.2) is 0 Å². The fraction of sp³-hybridized carbons (Fsp3) is 0.962. The molecule has 0 aromatic heterocycles. The zero-order chi connectivity index (χ0) is 26.2. The number of carbonyl (C=O) groups excluding carboxylic acids is 1. The van der Waals surface area contributed by atoms with Crippen LogP contribution in [0.15, 0.2) is 0 Å². The first-order chi connectivity index (χ1) is 16.9. The zero-order valence-electron chi connectivity index (χ0n) is 22.6. The number of hydrogen-bond acceptors (Lipinski definition) is 6. The lowest BCUT2D eigenvalue weighted by atomic mass is 10.0. The Kier molecular flexibility index (Phi) is 23.5. The Balaban J connectivity index is 4.44. The summed E-state index contributed by atoms with van der Waals surface area (Å²) in [6.07, 6.45) is 18.4. The van der Waals surface area contributed by atoms with Crippen LogP contribution in [0, 0.1) is 0 Å². The summed E-state index contributed by atoms with van der Waals surface area (Å²) < 4.78 is 21.8. The van der Waals surface area contributed by atoms with E-state index >= 15 is 0 Å². The maximum atomic E-state index is 12.5. The van der Waals surface area contributed by atoms with Gasteiger partial charge in [0.05, 0.1) is 25.4 Å². The highest BCUT2D eigenvalue weighted by Gasteiger charge is 2.27. The van der Waals surface area contributed by atoms with Crippen LogP contribution in [0.4, 0.5) is 0 Å². The Bertz CT molecular complexity index is 538. The molecule has 1 unspecified atom stereocenters. The van der Waals surface area contributed by atoms with Crippen molar-refractivity contribution in [2.24, 2.45) is 5.73 Å². The molecular formula is C26H55N2O6P. The first-order valence-electron chi connectivity index (χ1n) is 14.2. The van der Waals surface area contributed by atoms with Crippen LogP contribution in [0.5, 0.6) is 0 Å². The average molecular weight is 523 g/mol. The second-order valence-corrected chi connectivity index (χ2v) is 11.1. The number of phosphoric ester groups is 1. The number of aliphatic hydroxyl groups is 1. The third-order valence-corrected chi connectivity index (χ3v) is 7.20. The number of aliphatic hydroxyl groups excluding tert-OH is 1. The minimum Gasteiger partial charge on any atom is -0.391 e. The molecule has 0 bridgehead atoms. The summed E-state index contributed by atoms with van der Waals surface area (Å²) in [5.41, 5.74) is 5.31. The van der Waals surface area contributed by atoms with E-state index < -0.39 is 20.0 Å². The summed E-state index contributed by atoms with van der Waals surface area (Å²) in [5, 5.41) is 13.5. The van der Waals surface area contributed by atoms with Crippen LogP contribution in [0.2, 0.25) is 0 Å². The number of nitrogens with one attached hydrogen (secondary N) is 1. The molecule has 0 aliphatic rings. The summed E-state index contributed by atoms with van der Waals surface area (Å²) in [6, 6.07) is -0.761. The maximum Gasteiger partial charge on any atom is 0.472 e. The molecular weight excluding hydrogens is 467 g/mol. The van der Waals surface area contributed by atoms with Gasteiger partial charge < -0.3 is 21.1 Å². The van der Waals surface area contributed by atoms with E-state index in [-0.39, 0.29) is 25.7 Å². The molecule has 8 nitrogen and oxygen atoms in total. The fourth-order valence-corrected chi connectivity index (χ4v) is 4.78. The Morgan fingerprint density at radius 2 is 1.31 bits per heavy atom. The van der Waals surface area contributed by atoms with E-state index in [1.807, 2.05) is 0 Å². The summed E-state index contributed by atoms with van der Waals surface area (Å²) in [4.78, 5) is 22.2. The molecule has 0 radical (unpaired) electrons. The summed E-state index contributed by atoms with van der Waals surface area (Å²) >= 11 is 0. The third-order valence-electron chi connectivity index (χ3n) is 6.21. The molecule has 0 aliphatic heterocycles. The van der Waals surface area contributed by atoms with Crippen molar-refractivity contribution in [3.63, 3.8) is 0 Å². The molecule has 1 amide bonds. The van der Waals surface area contributed by atoms with Crippen molar-refractivity contribution in [3.8, 4) is 0 Å². The van der Waals surface area contributed by atoms with Gasteiger partial charge in [-0.2, -0.15) is 0 Å². The van der Waals surface area contributed by atoms with E-state index in [2.05, 4.69) is 19.2 Å². The smallest absolute Gasteiger partial charge is 0.391 e. The van der Waals surface area contributed by atoms with Crippen LogP contribution in [0.25, 0.3) is 0 Å². The quantitative estimate of drug-likeness (QED) is 0.0811. The zero-order valence-corrected chi connectivity index (χ0v) is 23.5. The molecule has 3 atom stereocenters.